The lowest BCUT2D eigenvalue weighted by Crippen LogP contribution is -2.28. The predicted octanol–water partition coefficient (Wildman–Crippen LogP) is 2.60. The summed E-state index contributed by atoms with van der Waals surface area (Å²) >= 11 is 3.35. The Balaban J connectivity index is 2.68. The summed E-state index contributed by atoms with van der Waals surface area (Å²) in [5.41, 5.74) is 0. The largest absolute Gasteiger partial charge is 0.461 e. The average Bonchev–Trinajstić information content (AvgIpc) is 2.31. The second kappa shape index (κ2) is 3.99. The third-order valence-electron chi connectivity index (χ3n) is 3.03. The minimum absolute atomic E-state index is 0.0804. The Morgan fingerprint density at radius 1 is 1.38 bits per heavy atom. The van der Waals surface area contributed by atoms with Gasteiger partial charge >= 0.3 is 5.97 Å². The van der Waals surface area contributed by atoms with E-state index in [0.717, 1.165) is 0 Å². The third-order valence-corrected chi connectivity index (χ3v) is 4.23. The lowest BCUT2D eigenvalue weighted by atomic mass is 9.86. The molecule has 0 bridgehead atoms. The molecule has 1 heterocycles. The van der Waals surface area contributed by atoms with E-state index in [1.165, 1.54) is 0 Å². The van der Waals surface area contributed by atoms with Crippen LogP contribution in [0.5, 0.6) is 0 Å². The van der Waals surface area contributed by atoms with Crippen molar-refractivity contribution in [1.82, 2.24) is 0 Å². The van der Waals surface area contributed by atoms with Crippen LogP contribution in [-0.4, -0.2) is 16.9 Å². The van der Waals surface area contributed by atoms with Gasteiger partial charge < -0.3 is 4.74 Å². The Kier molecular flexibility index (Phi) is 3.38. The fourth-order valence-electron chi connectivity index (χ4n) is 1.65. The molecule has 0 aromatic rings. The first-order valence-electron chi connectivity index (χ1n) is 4.79. The Morgan fingerprint density at radius 3 is 2.23 bits per heavy atom. The summed E-state index contributed by atoms with van der Waals surface area (Å²) in [6.45, 7) is 8.53. The van der Waals surface area contributed by atoms with Gasteiger partial charge in [0.1, 0.15) is 10.9 Å². The second-order valence-corrected chi connectivity index (χ2v) is 5.25. The van der Waals surface area contributed by atoms with Crippen LogP contribution < -0.4 is 0 Å². The lowest BCUT2D eigenvalue weighted by molar-refractivity contribution is -0.143. The molecule has 0 spiro atoms. The van der Waals surface area contributed by atoms with Gasteiger partial charge in [-0.2, -0.15) is 0 Å². The molecule has 0 aromatic carbocycles. The molecule has 1 saturated heterocycles. The fourth-order valence-corrected chi connectivity index (χ4v) is 2.06. The Bertz CT molecular complexity index is 203. The minimum atomic E-state index is -0.112. The summed E-state index contributed by atoms with van der Waals surface area (Å²) in [5, 5.41) is 0. The van der Waals surface area contributed by atoms with Crippen LogP contribution in [0.3, 0.4) is 0 Å². The van der Waals surface area contributed by atoms with Gasteiger partial charge in [-0.1, -0.05) is 43.6 Å². The molecule has 3 heteroatoms. The fraction of sp³-hybridized carbons (Fsp3) is 0.900. The number of halogens is 1. The van der Waals surface area contributed by atoms with Crippen molar-refractivity contribution < 1.29 is 9.53 Å². The number of carbonyl (C=O) groups is 1. The monoisotopic (exact) mass is 248 g/mol. The first kappa shape index (κ1) is 11.0. The quantitative estimate of drug-likeness (QED) is 0.555. The maximum absolute atomic E-state index is 11.3. The summed E-state index contributed by atoms with van der Waals surface area (Å²) in [4.78, 5) is 11.1. The highest BCUT2D eigenvalue weighted by atomic mass is 79.9. The molecule has 1 fully saturated rings. The smallest absolute Gasteiger partial charge is 0.320 e. The van der Waals surface area contributed by atoms with Crippen molar-refractivity contribution in [3.05, 3.63) is 0 Å². The molecule has 76 valence electrons. The SMILES string of the molecule is CC(C)[C@H](C)[C@@H]1OC(=O)[C@@H](Br)[C@H]1C. The van der Waals surface area contributed by atoms with E-state index in [4.69, 9.17) is 4.74 Å². The number of carbonyl (C=O) groups excluding carboxylic acids is 1. The maximum atomic E-state index is 11.3. The molecule has 1 aliphatic rings. The van der Waals surface area contributed by atoms with Crippen LogP contribution >= 0.6 is 15.9 Å². The van der Waals surface area contributed by atoms with E-state index in [-0.39, 0.29) is 22.8 Å². The van der Waals surface area contributed by atoms with Crippen LogP contribution in [0.25, 0.3) is 0 Å². The number of ether oxygens (including phenoxy) is 1. The standard InChI is InChI=1S/C10H17BrO2/c1-5(2)6(3)9-7(4)8(11)10(12)13-9/h5-9H,1-4H3/t6-,7+,8-,9-/m0/s1. The van der Waals surface area contributed by atoms with Crippen molar-refractivity contribution in [2.75, 3.05) is 0 Å². The number of hydrogen-bond acceptors (Lipinski definition) is 2. The second-order valence-electron chi connectivity index (χ2n) is 4.27. The summed E-state index contributed by atoms with van der Waals surface area (Å²) in [5.74, 6) is 1.16. The van der Waals surface area contributed by atoms with E-state index in [1.54, 1.807) is 0 Å². The van der Waals surface area contributed by atoms with Crippen molar-refractivity contribution in [3.8, 4) is 0 Å². The van der Waals surface area contributed by atoms with Gasteiger partial charge in [0, 0.05) is 5.92 Å². The first-order valence-corrected chi connectivity index (χ1v) is 5.71. The molecule has 1 aliphatic heterocycles. The van der Waals surface area contributed by atoms with E-state index in [2.05, 4.69) is 43.6 Å². The third kappa shape index (κ3) is 2.06. The molecular weight excluding hydrogens is 232 g/mol. The molecule has 0 radical (unpaired) electrons. The zero-order valence-electron chi connectivity index (χ0n) is 8.58. The predicted molar refractivity (Wildman–Crippen MR) is 55.8 cm³/mol. The van der Waals surface area contributed by atoms with Crippen molar-refractivity contribution in [2.45, 2.75) is 38.6 Å². The molecule has 2 nitrogen and oxygen atoms in total. The van der Waals surface area contributed by atoms with Crippen LogP contribution in [0.2, 0.25) is 0 Å². The van der Waals surface area contributed by atoms with Crippen molar-refractivity contribution in [1.29, 1.82) is 0 Å². The zero-order valence-corrected chi connectivity index (χ0v) is 10.2. The summed E-state index contributed by atoms with van der Waals surface area (Å²) in [7, 11) is 0. The topological polar surface area (TPSA) is 26.3 Å². The van der Waals surface area contributed by atoms with Crippen LogP contribution in [0.15, 0.2) is 0 Å². The van der Waals surface area contributed by atoms with Gasteiger partial charge in [-0.05, 0) is 11.8 Å². The highest BCUT2D eigenvalue weighted by Crippen LogP contribution is 2.34. The van der Waals surface area contributed by atoms with E-state index in [1.807, 2.05) is 0 Å². The number of alkyl halides is 1. The number of hydrogen-bond donors (Lipinski definition) is 0. The van der Waals surface area contributed by atoms with Gasteiger partial charge in [-0.25, -0.2) is 0 Å². The Morgan fingerprint density at radius 2 is 1.92 bits per heavy atom. The molecule has 13 heavy (non-hydrogen) atoms. The summed E-state index contributed by atoms with van der Waals surface area (Å²) in [6, 6.07) is 0. The van der Waals surface area contributed by atoms with Crippen LogP contribution in [-0.2, 0) is 9.53 Å². The summed E-state index contributed by atoms with van der Waals surface area (Å²) in [6.07, 6.45) is 0.0804. The summed E-state index contributed by atoms with van der Waals surface area (Å²) < 4.78 is 5.32. The van der Waals surface area contributed by atoms with Crippen LogP contribution in [0, 0.1) is 17.8 Å². The molecule has 0 unspecified atom stereocenters. The molecular formula is C10H17BrO2. The highest BCUT2D eigenvalue weighted by molar-refractivity contribution is 9.10. The van der Waals surface area contributed by atoms with Gasteiger partial charge in [0.2, 0.25) is 0 Å². The Labute approximate surface area is 88.2 Å². The average molecular weight is 249 g/mol. The number of esters is 1. The molecule has 0 saturated carbocycles. The zero-order chi connectivity index (χ0) is 10.2. The van der Waals surface area contributed by atoms with E-state index >= 15 is 0 Å². The molecule has 0 aromatic heterocycles. The van der Waals surface area contributed by atoms with Gasteiger partial charge in [-0.3, -0.25) is 4.79 Å². The lowest BCUT2D eigenvalue weighted by Gasteiger charge is -2.24. The van der Waals surface area contributed by atoms with Gasteiger partial charge in [0.15, 0.2) is 0 Å². The Hall–Kier alpha value is -0.0500. The van der Waals surface area contributed by atoms with Crippen LogP contribution in [0.4, 0.5) is 0 Å². The van der Waals surface area contributed by atoms with Gasteiger partial charge in [-0.15, -0.1) is 0 Å². The molecule has 0 aliphatic carbocycles. The number of cyclic esters (lactones) is 1. The van der Waals surface area contributed by atoms with Gasteiger partial charge in [0.25, 0.3) is 0 Å². The molecule has 0 amide bonds. The minimum Gasteiger partial charge on any atom is -0.461 e. The van der Waals surface area contributed by atoms with Crippen molar-refractivity contribution >= 4 is 21.9 Å². The molecule has 1 rings (SSSR count). The van der Waals surface area contributed by atoms with Crippen molar-refractivity contribution in [2.24, 2.45) is 17.8 Å². The maximum Gasteiger partial charge on any atom is 0.320 e. The normalized spacial score (nSPS) is 36.5. The molecule has 4 atom stereocenters. The van der Waals surface area contributed by atoms with E-state index in [0.29, 0.717) is 11.8 Å². The number of rotatable bonds is 2. The van der Waals surface area contributed by atoms with Crippen molar-refractivity contribution in [3.63, 3.8) is 0 Å². The van der Waals surface area contributed by atoms with Crippen LogP contribution in [0.1, 0.15) is 27.7 Å². The first-order chi connectivity index (χ1) is 5.95. The highest BCUT2D eigenvalue weighted by Gasteiger charge is 2.43. The molecule has 0 N–H and O–H groups in total. The van der Waals surface area contributed by atoms with Gasteiger partial charge in [0.05, 0.1) is 0 Å². The van der Waals surface area contributed by atoms with E-state index in [9.17, 15) is 4.79 Å². The van der Waals surface area contributed by atoms with E-state index < -0.39 is 0 Å².